The number of benzene rings is 1. The van der Waals surface area contributed by atoms with E-state index in [4.69, 9.17) is 0 Å². The summed E-state index contributed by atoms with van der Waals surface area (Å²) in [5.41, 5.74) is 1.70. The predicted molar refractivity (Wildman–Crippen MR) is 75.7 cm³/mol. The van der Waals surface area contributed by atoms with Gasteiger partial charge in [-0.3, -0.25) is 4.31 Å². The van der Waals surface area contributed by atoms with Gasteiger partial charge in [0.2, 0.25) is 0 Å². The van der Waals surface area contributed by atoms with Crippen LogP contribution in [0.3, 0.4) is 0 Å². The molecule has 0 bridgehead atoms. The van der Waals surface area contributed by atoms with Crippen LogP contribution >= 0.6 is 11.3 Å². The summed E-state index contributed by atoms with van der Waals surface area (Å²) in [6, 6.07) is 10.9. The van der Waals surface area contributed by atoms with E-state index in [0.717, 1.165) is 11.3 Å². The normalized spacial score (nSPS) is 11.4. The number of hydrogen-bond donors (Lipinski definition) is 0. The molecule has 18 heavy (non-hydrogen) atoms. The highest BCUT2D eigenvalue weighted by Crippen LogP contribution is 2.28. The Bertz CT molecular complexity index is 618. The van der Waals surface area contributed by atoms with Crippen molar-refractivity contribution >= 4 is 27.0 Å². The molecule has 0 atom stereocenters. The molecule has 1 aromatic heterocycles. The van der Waals surface area contributed by atoms with Crippen molar-refractivity contribution in [1.29, 1.82) is 0 Å². The zero-order chi connectivity index (χ0) is 13.2. The zero-order valence-electron chi connectivity index (χ0n) is 10.3. The summed E-state index contributed by atoms with van der Waals surface area (Å²) in [7, 11) is -3.43. The number of nitrogens with zero attached hydrogens (tertiary/aromatic N) is 1. The van der Waals surface area contributed by atoms with Crippen molar-refractivity contribution in [3.63, 3.8) is 0 Å². The summed E-state index contributed by atoms with van der Waals surface area (Å²) in [6.45, 7) is 4.19. The van der Waals surface area contributed by atoms with Crippen LogP contribution in [0, 0.1) is 6.92 Å². The van der Waals surface area contributed by atoms with E-state index in [9.17, 15) is 8.42 Å². The minimum atomic E-state index is -3.43. The molecule has 0 unspecified atom stereocenters. The highest BCUT2D eigenvalue weighted by molar-refractivity contribution is 7.94. The Balaban J connectivity index is 2.51. The molecule has 1 aromatic carbocycles. The van der Waals surface area contributed by atoms with Gasteiger partial charge in [0.15, 0.2) is 0 Å². The van der Waals surface area contributed by atoms with Crippen molar-refractivity contribution in [2.45, 2.75) is 18.1 Å². The van der Waals surface area contributed by atoms with Gasteiger partial charge in [-0.15, -0.1) is 11.3 Å². The van der Waals surface area contributed by atoms with Crippen molar-refractivity contribution < 1.29 is 8.42 Å². The molecule has 5 heteroatoms. The van der Waals surface area contributed by atoms with Gasteiger partial charge in [-0.25, -0.2) is 8.42 Å². The van der Waals surface area contributed by atoms with E-state index in [0.29, 0.717) is 10.8 Å². The standard InChI is InChI=1S/C13H15NO2S2/c1-3-14(12-8-5-4-7-11(12)2)18(15,16)13-9-6-10-17-13/h4-10H,3H2,1-2H3. The average molecular weight is 281 g/mol. The van der Waals surface area contributed by atoms with E-state index >= 15 is 0 Å². The van der Waals surface area contributed by atoms with Gasteiger partial charge in [0.05, 0.1) is 5.69 Å². The molecule has 0 aliphatic heterocycles. The smallest absolute Gasteiger partial charge is 0.266 e. The molecule has 0 aliphatic carbocycles. The molecule has 0 amide bonds. The van der Waals surface area contributed by atoms with Gasteiger partial charge in [0.1, 0.15) is 4.21 Å². The second-order valence-corrected chi connectivity index (χ2v) is 6.93. The first kappa shape index (κ1) is 13.1. The Morgan fingerprint density at radius 1 is 1.17 bits per heavy atom. The molecular formula is C13H15NO2S2. The van der Waals surface area contributed by atoms with Crippen molar-refractivity contribution in [3.05, 3.63) is 47.3 Å². The Morgan fingerprint density at radius 2 is 1.89 bits per heavy atom. The highest BCUT2D eigenvalue weighted by atomic mass is 32.2. The predicted octanol–water partition coefficient (Wildman–Crippen LogP) is 3.27. The van der Waals surface area contributed by atoms with Gasteiger partial charge in [0.25, 0.3) is 10.0 Å². The summed E-state index contributed by atoms with van der Waals surface area (Å²) in [6.07, 6.45) is 0. The topological polar surface area (TPSA) is 37.4 Å². The minimum Gasteiger partial charge on any atom is -0.266 e. The Hall–Kier alpha value is -1.33. The van der Waals surface area contributed by atoms with E-state index in [-0.39, 0.29) is 0 Å². The molecule has 0 N–H and O–H groups in total. The molecule has 0 spiro atoms. The maximum atomic E-state index is 12.5. The van der Waals surface area contributed by atoms with Crippen LogP contribution in [0.25, 0.3) is 0 Å². The van der Waals surface area contributed by atoms with Crippen molar-refractivity contribution in [2.75, 3.05) is 10.8 Å². The fourth-order valence-electron chi connectivity index (χ4n) is 1.83. The van der Waals surface area contributed by atoms with Crippen molar-refractivity contribution in [3.8, 4) is 0 Å². The average Bonchev–Trinajstić information content (AvgIpc) is 2.86. The van der Waals surface area contributed by atoms with E-state index in [1.54, 1.807) is 17.5 Å². The molecule has 3 nitrogen and oxygen atoms in total. The van der Waals surface area contributed by atoms with E-state index in [2.05, 4.69) is 0 Å². The lowest BCUT2D eigenvalue weighted by molar-refractivity contribution is 0.594. The van der Waals surface area contributed by atoms with E-state index in [1.807, 2.05) is 38.1 Å². The number of sulfonamides is 1. The van der Waals surface area contributed by atoms with Crippen molar-refractivity contribution in [2.24, 2.45) is 0 Å². The molecule has 0 radical (unpaired) electrons. The number of aryl methyl sites for hydroxylation is 1. The van der Waals surface area contributed by atoms with Gasteiger partial charge < -0.3 is 0 Å². The summed E-state index contributed by atoms with van der Waals surface area (Å²) >= 11 is 1.24. The molecule has 1 heterocycles. The zero-order valence-corrected chi connectivity index (χ0v) is 12.0. The third kappa shape index (κ3) is 2.28. The summed E-state index contributed by atoms with van der Waals surface area (Å²) in [5.74, 6) is 0. The summed E-state index contributed by atoms with van der Waals surface area (Å²) < 4.78 is 26.9. The van der Waals surface area contributed by atoms with Gasteiger partial charge in [0, 0.05) is 6.54 Å². The third-order valence-corrected chi connectivity index (χ3v) is 5.97. The minimum absolute atomic E-state index is 0.382. The van der Waals surface area contributed by atoms with Gasteiger partial charge in [-0.2, -0.15) is 0 Å². The molecule has 2 aromatic rings. The molecule has 0 saturated carbocycles. The maximum Gasteiger partial charge on any atom is 0.273 e. The van der Waals surface area contributed by atoms with Crippen LogP contribution in [0.2, 0.25) is 0 Å². The molecule has 2 rings (SSSR count). The van der Waals surface area contributed by atoms with E-state index in [1.165, 1.54) is 15.6 Å². The first-order valence-corrected chi connectivity index (χ1v) is 8.01. The summed E-state index contributed by atoms with van der Waals surface area (Å²) in [4.78, 5) is 0. The van der Waals surface area contributed by atoms with E-state index < -0.39 is 10.0 Å². The largest absolute Gasteiger partial charge is 0.273 e. The lowest BCUT2D eigenvalue weighted by Crippen LogP contribution is -2.30. The molecule has 0 fully saturated rings. The second kappa shape index (κ2) is 5.12. The monoisotopic (exact) mass is 281 g/mol. The van der Waals surface area contributed by atoms with Crippen LogP contribution < -0.4 is 4.31 Å². The lowest BCUT2D eigenvalue weighted by Gasteiger charge is -2.23. The molecule has 96 valence electrons. The summed E-state index contributed by atoms with van der Waals surface area (Å²) in [5, 5.41) is 1.78. The van der Waals surface area contributed by atoms with Crippen molar-refractivity contribution in [1.82, 2.24) is 0 Å². The third-order valence-electron chi connectivity index (χ3n) is 2.71. The molecule has 0 aliphatic rings. The van der Waals surface area contributed by atoms with Crippen LogP contribution in [0.4, 0.5) is 5.69 Å². The fraction of sp³-hybridized carbons (Fsp3) is 0.231. The van der Waals surface area contributed by atoms with Crippen LogP contribution in [-0.2, 0) is 10.0 Å². The number of rotatable bonds is 4. The van der Waals surface area contributed by atoms with Crippen LogP contribution in [0.15, 0.2) is 46.0 Å². The first-order chi connectivity index (χ1) is 8.57. The quantitative estimate of drug-likeness (QED) is 0.862. The number of thiophene rings is 1. The molecule has 0 saturated heterocycles. The van der Waals surface area contributed by atoms with Crippen LogP contribution in [0.1, 0.15) is 12.5 Å². The Kier molecular flexibility index (Phi) is 3.73. The molecular weight excluding hydrogens is 266 g/mol. The number of para-hydroxylation sites is 1. The van der Waals surface area contributed by atoms with Gasteiger partial charge in [-0.1, -0.05) is 24.3 Å². The van der Waals surface area contributed by atoms with Crippen LogP contribution in [-0.4, -0.2) is 15.0 Å². The maximum absolute atomic E-state index is 12.5. The van der Waals surface area contributed by atoms with Gasteiger partial charge >= 0.3 is 0 Å². The second-order valence-electron chi connectivity index (χ2n) is 3.89. The fourth-order valence-corrected chi connectivity index (χ4v) is 4.47. The lowest BCUT2D eigenvalue weighted by atomic mass is 10.2. The number of hydrogen-bond acceptors (Lipinski definition) is 3. The first-order valence-electron chi connectivity index (χ1n) is 5.69. The highest BCUT2D eigenvalue weighted by Gasteiger charge is 2.25. The SMILES string of the molecule is CCN(c1ccccc1C)S(=O)(=O)c1cccs1. The number of anilines is 1. The van der Waals surface area contributed by atoms with Gasteiger partial charge in [-0.05, 0) is 36.9 Å². The van der Waals surface area contributed by atoms with Crippen LogP contribution in [0.5, 0.6) is 0 Å². The Labute approximate surface area is 112 Å². The Morgan fingerprint density at radius 3 is 2.44 bits per heavy atom.